The van der Waals surface area contributed by atoms with Gasteiger partial charge in [-0.1, -0.05) is 17.7 Å². The van der Waals surface area contributed by atoms with Crippen LogP contribution in [0.5, 0.6) is 0 Å². The van der Waals surface area contributed by atoms with Crippen molar-refractivity contribution < 1.29 is 8.42 Å². The number of sulfonamides is 1. The van der Waals surface area contributed by atoms with E-state index in [-0.39, 0.29) is 0 Å². The molecule has 1 fully saturated rings. The number of aryl methyl sites for hydroxylation is 1. The van der Waals surface area contributed by atoms with Gasteiger partial charge in [-0.15, -0.1) is 0 Å². The lowest BCUT2D eigenvalue weighted by molar-refractivity contribution is 0.477. The summed E-state index contributed by atoms with van der Waals surface area (Å²) >= 11 is 11.4. The molecular weight excluding hydrogens is 390 g/mol. The van der Waals surface area contributed by atoms with Crippen LogP contribution in [0.1, 0.15) is 18.4 Å². The molecular formula is C18H20ClN3O2S2. The highest BCUT2D eigenvalue weighted by atomic mass is 35.5. The lowest BCUT2D eigenvalue weighted by atomic mass is 10.2. The van der Waals surface area contributed by atoms with Gasteiger partial charge in [0.15, 0.2) is 5.11 Å². The van der Waals surface area contributed by atoms with E-state index in [1.807, 2.05) is 19.1 Å². The Morgan fingerprint density at radius 1 is 1.04 bits per heavy atom. The van der Waals surface area contributed by atoms with Crippen LogP contribution in [-0.4, -0.2) is 30.9 Å². The number of nitrogens with zero attached hydrogens (tertiary/aromatic N) is 1. The van der Waals surface area contributed by atoms with Crippen LogP contribution in [0.3, 0.4) is 0 Å². The SMILES string of the molecule is Cc1ccc(NC(=S)Nc2ccc(S(=O)(=O)N3CCCC3)cc2)cc1Cl. The van der Waals surface area contributed by atoms with Crippen LogP contribution in [0.25, 0.3) is 0 Å². The van der Waals surface area contributed by atoms with Crippen molar-refractivity contribution >= 4 is 50.3 Å². The van der Waals surface area contributed by atoms with E-state index in [0.29, 0.717) is 33.8 Å². The lowest BCUT2D eigenvalue weighted by Gasteiger charge is -2.16. The van der Waals surface area contributed by atoms with Gasteiger partial charge in [0.05, 0.1) is 4.90 Å². The van der Waals surface area contributed by atoms with E-state index in [0.717, 1.165) is 24.1 Å². The monoisotopic (exact) mass is 409 g/mol. The minimum Gasteiger partial charge on any atom is -0.332 e. The molecule has 0 aliphatic carbocycles. The third kappa shape index (κ3) is 4.35. The van der Waals surface area contributed by atoms with Gasteiger partial charge in [0, 0.05) is 29.5 Å². The third-order valence-electron chi connectivity index (χ3n) is 4.24. The molecule has 0 bridgehead atoms. The van der Waals surface area contributed by atoms with Gasteiger partial charge in [0.2, 0.25) is 10.0 Å². The van der Waals surface area contributed by atoms with Crippen LogP contribution < -0.4 is 10.6 Å². The zero-order chi connectivity index (χ0) is 18.7. The molecule has 0 atom stereocenters. The summed E-state index contributed by atoms with van der Waals surface area (Å²) in [6.45, 7) is 3.12. The van der Waals surface area contributed by atoms with Gasteiger partial charge >= 0.3 is 0 Å². The zero-order valence-electron chi connectivity index (χ0n) is 14.3. The smallest absolute Gasteiger partial charge is 0.243 e. The van der Waals surface area contributed by atoms with E-state index >= 15 is 0 Å². The highest BCUT2D eigenvalue weighted by Gasteiger charge is 2.26. The standard InChI is InChI=1S/C18H20ClN3O2S2/c1-13-4-5-15(12-17(13)19)21-18(25)20-14-6-8-16(9-7-14)26(23,24)22-10-2-3-11-22/h4-9,12H,2-3,10-11H2,1H3,(H2,20,21,25). The fraction of sp³-hybridized carbons (Fsp3) is 0.278. The Morgan fingerprint density at radius 3 is 2.23 bits per heavy atom. The van der Waals surface area contributed by atoms with Gasteiger partial charge in [-0.2, -0.15) is 4.31 Å². The molecule has 0 saturated carbocycles. The summed E-state index contributed by atoms with van der Waals surface area (Å²) in [5.74, 6) is 0. The van der Waals surface area contributed by atoms with Crippen LogP contribution in [0.2, 0.25) is 5.02 Å². The first-order valence-electron chi connectivity index (χ1n) is 8.30. The second kappa shape index (κ2) is 7.92. The molecule has 0 radical (unpaired) electrons. The van der Waals surface area contributed by atoms with Crippen molar-refractivity contribution in [1.82, 2.24) is 4.31 Å². The molecule has 1 aliphatic heterocycles. The van der Waals surface area contributed by atoms with E-state index in [9.17, 15) is 8.42 Å². The number of thiocarbonyl (C=S) groups is 1. The molecule has 2 aromatic rings. The Kier molecular flexibility index (Phi) is 5.82. The molecule has 26 heavy (non-hydrogen) atoms. The number of nitrogens with one attached hydrogen (secondary N) is 2. The predicted molar refractivity (Wildman–Crippen MR) is 110 cm³/mol. The summed E-state index contributed by atoms with van der Waals surface area (Å²) < 4.78 is 26.6. The molecule has 5 nitrogen and oxygen atoms in total. The van der Waals surface area contributed by atoms with Crippen LogP contribution >= 0.6 is 23.8 Å². The Hall–Kier alpha value is -1.67. The Morgan fingerprint density at radius 2 is 1.62 bits per heavy atom. The summed E-state index contributed by atoms with van der Waals surface area (Å²) in [6, 6.07) is 12.2. The molecule has 8 heteroatoms. The van der Waals surface area contributed by atoms with Crippen molar-refractivity contribution in [2.24, 2.45) is 0 Å². The summed E-state index contributed by atoms with van der Waals surface area (Å²) in [7, 11) is -3.40. The molecule has 0 unspecified atom stereocenters. The molecule has 3 rings (SSSR count). The largest absolute Gasteiger partial charge is 0.332 e. The van der Waals surface area contributed by atoms with Gasteiger partial charge in [-0.05, 0) is 73.9 Å². The molecule has 2 aromatic carbocycles. The molecule has 1 aliphatic rings. The average molecular weight is 410 g/mol. The molecule has 1 saturated heterocycles. The summed E-state index contributed by atoms with van der Waals surface area (Å²) in [5.41, 5.74) is 2.48. The molecule has 2 N–H and O–H groups in total. The van der Waals surface area contributed by atoms with Crippen molar-refractivity contribution in [3.8, 4) is 0 Å². The van der Waals surface area contributed by atoms with Crippen LogP contribution in [0.4, 0.5) is 11.4 Å². The lowest BCUT2D eigenvalue weighted by Crippen LogP contribution is -2.27. The third-order valence-corrected chi connectivity index (χ3v) is 6.77. The van der Waals surface area contributed by atoms with Gasteiger partial charge in [0.1, 0.15) is 0 Å². The summed E-state index contributed by atoms with van der Waals surface area (Å²) in [6.07, 6.45) is 1.84. The molecule has 1 heterocycles. The van der Waals surface area contributed by atoms with E-state index in [1.165, 1.54) is 4.31 Å². The van der Waals surface area contributed by atoms with Crippen LogP contribution in [0, 0.1) is 6.92 Å². The molecule has 138 valence electrons. The maximum Gasteiger partial charge on any atom is 0.243 e. The topological polar surface area (TPSA) is 61.4 Å². The van der Waals surface area contributed by atoms with Crippen molar-refractivity contribution in [2.75, 3.05) is 23.7 Å². The highest BCUT2D eigenvalue weighted by molar-refractivity contribution is 7.89. The first kappa shape index (κ1) is 19.1. The molecule has 0 amide bonds. The van der Waals surface area contributed by atoms with Gasteiger partial charge < -0.3 is 10.6 Å². The highest BCUT2D eigenvalue weighted by Crippen LogP contribution is 2.23. The number of hydrogen-bond donors (Lipinski definition) is 2. The first-order chi connectivity index (χ1) is 12.4. The summed E-state index contributed by atoms with van der Waals surface area (Å²) in [5, 5.41) is 7.16. The Bertz CT molecular complexity index is 909. The number of hydrogen-bond acceptors (Lipinski definition) is 3. The van der Waals surface area contributed by atoms with Gasteiger partial charge in [-0.25, -0.2) is 8.42 Å². The minimum absolute atomic E-state index is 0.300. The van der Waals surface area contributed by atoms with Crippen molar-refractivity contribution in [1.29, 1.82) is 0 Å². The maximum absolute atomic E-state index is 12.5. The van der Waals surface area contributed by atoms with E-state index < -0.39 is 10.0 Å². The van der Waals surface area contributed by atoms with Gasteiger partial charge in [-0.3, -0.25) is 0 Å². The van der Waals surface area contributed by atoms with E-state index in [4.69, 9.17) is 23.8 Å². The quantitative estimate of drug-likeness (QED) is 0.739. The second-order valence-electron chi connectivity index (χ2n) is 6.18. The van der Waals surface area contributed by atoms with Gasteiger partial charge in [0.25, 0.3) is 0 Å². The average Bonchev–Trinajstić information content (AvgIpc) is 3.14. The predicted octanol–water partition coefficient (Wildman–Crippen LogP) is 4.24. The number of rotatable bonds is 4. The van der Waals surface area contributed by atoms with Crippen molar-refractivity contribution in [2.45, 2.75) is 24.7 Å². The molecule has 0 aromatic heterocycles. The van der Waals surface area contributed by atoms with E-state index in [1.54, 1.807) is 30.3 Å². The molecule has 0 spiro atoms. The second-order valence-corrected chi connectivity index (χ2v) is 8.93. The number of benzene rings is 2. The summed E-state index contributed by atoms with van der Waals surface area (Å²) in [4.78, 5) is 0.300. The van der Waals surface area contributed by atoms with E-state index in [2.05, 4.69) is 10.6 Å². The maximum atomic E-state index is 12.5. The minimum atomic E-state index is -3.40. The Labute approximate surface area is 164 Å². The fourth-order valence-electron chi connectivity index (χ4n) is 2.75. The number of halogens is 1. The van der Waals surface area contributed by atoms with Crippen molar-refractivity contribution in [3.63, 3.8) is 0 Å². The van der Waals surface area contributed by atoms with Crippen LogP contribution in [-0.2, 0) is 10.0 Å². The fourth-order valence-corrected chi connectivity index (χ4v) is 4.69. The van der Waals surface area contributed by atoms with Crippen molar-refractivity contribution in [3.05, 3.63) is 53.1 Å². The Balaban J connectivity index is 1.65. The van der Waals surface area contributed by atoms with Crippen LogP contribution in [0.15, 0.2) is 47.4 Å². The normalized spacial score (nSPS) is 15.0. The number of anilines is 2. The first-order valence-corrected chi connectivity index (χ1v) is 10.5. The zero-order valence-corrected chi connectivity index (χ0v) is 16.7.